The number of aromatic nitrogens is 4. The van der Waals surface area contributed by atoms with E-state index in [4.69, 9.17) is 0 Å². The lowest BCUT2D eigenvalue weighted by atomic mass is 9.93. The largest absolute Gasteiger partial charge is 0.306 e. The van der Waals surface area contributed by atoms with Crippen molar-refractivity contribution in [1.82, 2.24) is 18.3 Å². The molecule has 0 saturated carbocycles. The Kier molecular flexibility index (Phi) is 9.26. The van der Waals surface area contributed by atoms with Gasteiger partial charge in [-0.2, -0.15) is 10.5 Å². The molecule has 6 nitrogen and oxygen atoms in total. The third-order valence-corrected chi connectivity index (χ3v) is 19.6. The van der Waals surface area contributed by atoms with Crippen molar-refractivity contribution in [2.24, 2.45) is 0 Å². The van der Waals surface area contributed by atoms with Gasteiger partial charge >= 0.3 is 0 Å². The predicted octanol–water partition coefficient (Wildman–Crippen LogP) is 20.7. The van der Waals surface area contributed by atoms with Gasteiger partial charge in [0.2, 0.25) is 0 Å². The molecule has 0 atom stereocenters. The summed E-state index contributed by atoms with van der Waals surface area (Å²) in [7, 11) is 0. The second kappa shape index (κ2) is 17.0. The molecule has 0 radical (unpaired) electrons. The summed E-state index contributed by atoms with van der Waals surface area (Å²) in [6.07, 6.45) is 0. The van der Waals surface area contributed by atoms with Crippen LogP contribution < -0.4 is 0 Å². The number of nitrogens with zero attached hydrogens (tertiary/aromatic N) is 6. The van der Waals surface area contributed by atoms with Crippen LogP contribution in [-0.4, -0.2) is 18.3 Å². The highest BCUT2D eigenvalue weighted by Gasteiger charge is 2.35. The van der Waals surface area contributed by atoms with Gasteiger partial charge in [-0.15, -0.1) is 11.3 Å². The number of hydrogen-bond donors (Lipinski definition) is 0. The van der Waals surface area contributed by atoms with E-state index in [-0.39, 0.29) is 0 Å². The predicted molar refractivity (Wildman–Crippen MR) is 353 cm³/mol. The number of nitriles is 2. The molecule has 0 spiro atoms. The maximum atomic E-state index is 12.9. The fourth-order valence-electron chi connectivity index (χ4n) is 15.0. The highest BCUT2D eigenvalue weighted by Crippen LogP contribution is 2.53. The van der Waals surface area contributed by atoms with Crippen LogP contribution in [-0.2, 0) is 0 Å². The number of benzene rings is 13. The third kappa shape index (κ3) is 5.98. The fraction of sp³-hybridized carbons (Fsp3) is 0. The molecule has 5 heterocycles. The van der Waals surface area contributed by atoms with E-state index in [9.17, 15) is 10.5 Å². The lowest BCUT2D eigenvalue weighted by Gasteiger charge is -2.27. The first kappa shape index (κ1) is 46.2. The van der Waals surface area contributed by atoms with E-state index < -0.39 is 0 Å². The zero-order chi connectivity index (χ0) is 55.8. The molecule has 0 bridgehead atoms. The molecule has 19 rings (SSSR count). The second-order valence-electron chi connectivity index (χ2n) is 22.4. The highest BCUT2D eigenvalue weighted by molar-refractivity contribution is 7.26. The lowest BCUT2D eigenvalue weighted by molar-refractivity contribution is 1.02. The number of thiophene rings is 1. The Labute approximate surface area is 489 Å². The van der Waals surface area contributed by atoms with E-state index in [0.29, 0.717) is 33.9 Å². The molecule has 85 heavy (non-hydrogen) atoms. The summed E-state index contributed by atoms with van der Waals surface area (Å²) in [6, 6.07) is 97.1. The van der Waals surface area contributed by atoms with Crippen molar-refractivity contribution < 1.29 is 0 Å². The smallest absolute Gasteiger partial charge is 0.104 e. The Morgan fingerprint density at radius 3 is 1.11 bits per heavy atom. The summed E-state index contributed by atoms with van der Waals surface area (Å²) in [5.74, 6) is 0. The Balaban J connectivity index is 1.05. The monoisotopic (exact) mass is 1090 g/mol. The van der Waals surface area contributed by atoms with Crippen LogP contribution in [0.2, 0.25) is 0 Å². The standard InChI is InChI=1S/C78H42N6S/c79-43-61-74(81-63-29-10-3-20-49(63)50-21-4-11-30-64(50)81)75(82-65-31-12-5-22-51(65)52-23-6-13-32-66(52)82)62(44-80)77(76(61)83-67-33-14-7-24-53(67)54-25-8-15-34-68(54)83)84-69-40-36-45(42-60(69)73-70(84)41-39-59-55-26-9-16-35-71(55)85-78(59)73)46-37-38-58-48-19-2-1-18-47(48)57-28-17-27-56(46)72(57)58/h1-42H. The molecule has 5 aromatic heterocycles. The van der Waals surface area contributed by atoms with Crippen molar-refractivity contribution in [2.75, 3.05) is 0 Å². The van der Waals surface area contributed by atoms with Crippen LogP contribution in [0.3, 0.4) is 0 Å². The van der Waals surface area contributed by atoms with E-state index in [1.54, 1.807) is 0 Å². The highest BCUT2D eigenvalue weighted by atomic mass is 32.1. The normalized spacial score (nSPS) is 12.2. The van der Waals surface area contributed by atoms with Crippen molar-refractivity contribution in [3.05, 3.63) is 266 Å². The van der Waals surface area contributed by atoms with Gasteiger partial charge in [0, 0.05) is 63.3 Å². The fourth-order valence-corrected chi connectivity index (χ4v) is 16.3. The van der Waals surface area contributed by atoms with Gasteiger partial charge in [-0.05, 0) is 105 Å². The molecular formula is C78H42N6S. The molecule has 0 aliphatic heterocycles. The average Bonchev–Trinajstić information content (AvgIpc) is 2.70. The lowest BCUT2D eigenvalue weighted by Crippen LogP contribution is -2.16. The van der Waals surface area contributed by atoms with Crippen LogP contribution in [0, 0.1) is 22.7 Å². The summed E-state index contributed by atoms with van der Waals surface area (Å²) in [6.45, 7) is 0. The molecule has 13 aromatic carbocycles. The first-order valence-corrected chi connectivity index (χ1v) is 29.5. The van der Waals surface area contributed by atoms with Crippen molar-refractivity contribution in [3.63, 3.8) is 0 Å². The molecule has 1 aliphatic carbocycles. The minimum Gasteiger partial charge on any atom is -0.306 e. The van der Waals surface area contributed by atoms with Gasteiger partial charge in [0.05, 0.1) is 66.9 Å². The summed E-state index contributed by atoms with van der Waals surface area (Å²) in [5, 5.41) is 39.1. The first-order chi connectivity index (χ1) is 42.2. The molecule has 0 amide bonds. The van der Waals surface area contributed by atoms with Gasteiger partial charge in [-0.3, -0.25) is 0 Å². The van der Waals surface area contributed by atoms with Crippen LogP contribution in [0.25, 0.3) is 174 Å². The topological polar surface area (TPSA) is 67.3 Å². The van der Waals surface area contributed by atoms with Gasteiger partial charge in [0.15, 0.2) is 0 Å². The van der Waals surface area contributed by atoms with Crippen molar-refractivity contribution in [1.29, 1.82) is 10.5 Å². The first-order valence-electron chi connectivity index (χ1n) is 28.7. The number of para-hydroxylation sites is 6. The zero-order valence-electron chi connectivity index (χ0n) is 45.3. The van der Waals surface area contributed by atoms with E-state index in [1.165, 1.54) is 48.5 Å². The molecule has 0 saturated heterocycles. The minimum atomic E-state index is 0.422. The van der Waals surface area contributed by atoms with Gasteiger partial charge < -0.3 is 18.3 Å². The van der Waals surface area contributed by atoms with Gasteiger partial charge in [0.25, 0.3) is 0 Å². The molecule has 0 N–H and O–H groups in total. The summed E-state index contributed by atoms with van der Waals surface area (Å²) < 4.78 is 11.5. The molecule has 7 heteroatoms. The SMILES string of the molecule is N#Cc1c(-n2c3ccccc3c3ccccc32)c(-n2c3ccccc3c3ccccc32)c(C#N)c(-n2c3ccc(-c4ccc5c6c(cccc46)-c4ccccc4-5)cc3c3c4sc5ccccc5c4ccc32)c1-n1c2ccccc2c2ccccc21. The quantitative estimate of drug-likeness (QED) is 0.172. The molecule has 0 unspecified atom stereocenters. The van der Waals surface area contributed by atoms with Crippen LogP contribution in [0.1, 0.15) is 11.1 Å². The molecule has 18 aromatic rings. The van der Waals surface area contributed by atoms with Crippen molar-refractivity contribution >= 4 is 130 Å². The van der Waals surface area contributed by atoms with Gasteiger partial charge in [-0.1, -0.05) is 194 Å². The second-order valence-corrected chi connectivity index (χ2v) is 23.5. The van der Waals surface area contributed by atoms with Crippen molar-refractivity contribution in [3.8, 4) is 68.3 Å². The Morgan fingerprint density at radius 1 is 0.259 bits per heavy atom. The molecule has 1 aliphatic rings. The van der Waals surface area contributed by atoms with Gasteiger partial charge in [-0.25, -0.2) is 0 Å². The van der Waals surface area contributed by atoms with Crippen LogP contribution >= 0.6 is 11.3 Å². The average molecular weight is 1100 g/mol. The van der Waals surface area contributed by atoms with E-state index in [0.717, 1.165) is 103 Å². The minimum absolute atomic E-state index is 0.422. The van der Waals surface area contributed by atoms with Crippen LogP contribution in [0.4, 0.5) is 0 Å². The molecular weight excluding hydrogens is 1050 g/mol. The zero-order valence-corrected chi connectivity index (χ0v) is 46.2. The summed E-state index contributed by atoms with van der Waals surface area (Å²) >= 11 is 1.81. The Morgan fingerprint density at radius 2 is 0.624 bits per heavy atom. The van der Waals surface area contributed by atoms with E-state index >= 15 is 0 Å². The molecule has 390 valence electrons. The van der Waals surface area contributed by atoms with Gasteiger partial charge in [0.1, 0.15) is 23.3 Å². The molecule has 0 fully saturated rings. The summed E-state index contributed by atoms with van der Waals surface area (Å²) in [4.78, 5) is 0. The van der Waals surface area contributed by atoms with Crippen molar-refractivity contribution in [2.45, 2.75) is 0 Å². The Hall–Kier alpha value is -11.5. The number of rotatable bonds is 5. The maximum Gasteiger partial charge on any atom is 0.104 e. The van der Waals surface area contributed by atoms with Crippen LogP contribution in [0.5, 0.6) is 0 Å². The number of fused-ring (bicyclic) bond motifs is 19. The summed E-state index contributed by atoms with van der Waals surface area (Å²) in [5.41, 5.74) is 18.0. The van der Waals surface area contributed by atoms with Crippen LogP contribution in [0.15, 0.2) is 255 Å². The number of hydrogen-bond acceptors (Lipinski definition) is 3. The van der Waals surface area contributed by atoms with E-state index in [1.807, 2.05) is 11.3 Å². The maximum absolute atomic E-state index is 12.9. The Bertz CT molecular complexity index is 5950. The third-order valence-electron chi connectivity index (χ3n) is 18.4. The van der Waals surface area contributed by atoms with E-state index in [2.05, 4.69) is 285 Å².